The summed E-state index contributed by atoms with van der Waals surface area (Å²) >= 11 is 0. The molecule has 3 heteroatoms. The fraction of sp³-hybridized carbons (Fsp3) is 0.647. The number of aliphatic hydroxyl groups excluding tert-OH is 1. The zero-order valence-corrected chi connectivity index (χ0v) is 13.5. The van der Waals surface area contributed by atoms with Gasteiger partial charge in [-0.05, 0) is 44.4 Å². The highest BCUT2D eigenvalue weighted by molar-refractivity contribution is 5.28. The molecule has 0 aliphatic carbocycles. The molecule has 20 heavy (non-hydrogen) atoms. The van der Waals surface area contributed by atoms with Gasteiger partial charge in [0, 0.05) is 19.1 Å². The van der Waals surface area contributed by atoms with E-state index < -0.39 is 6.10 Å². The molecule has 0 fully saturated rings. The normalized spacial score (nSPS) is 13.2. The second kappa shape index (κ2) is 8.28. The molecule has 1 unspecified atom stereocenters. The lowest BCUT2D eigenvalue weighted by Gasteiger charge is -2.30. The lowest BCUT2D eigenvalue weighted by atomic mass is 10.1. The van der Waals surface area contributed by atoms with Crippen molar-refractivity contribution in [2.24, 2.45) is 5.92 Å². The van der Waals surface area contributed by atoms with Gasteiger partial charge in [0.2, 0.25) is 0 Å². The van der Waals surface area contributed by atoms with Gasteiger partial charge in [0.1, 0.15) is 5.75 Å². The molecule has 1 rings (SSSR count). The van der Waals surface area contributed by atoms with Crippen molar-refractivity contribution < 1.29 is 9.84 Å². The van der Waals surface area contributed by atoms with Crippen LogP contribution in [-0.4, -0.2) is 35.7 Å². The van der Waals surface area contributed by atoms with Crippen molar-refractivity contribution in [1.29, 1.82) is 0 Å². The number of rotatable bonds is 8. The third-order valence-corrected chi connectivity index (χ3v) is 3.31. The summed E-state index contributed by atoms with van der Waals surface area (Å²) in [5, 5.41) is 10.4. The quantitative estimate of drug-likeness (QED) is 0.790. The average molecular weight is 279 g/mol. The monoisotopic (exact) mass is 279 g/mol. The zero-order valence-electron chi connectivity index (χ0n) is 13.5. The van der Waals surface area contributed by atoms with Crippen LogP contribution in [-0.2, 0) is 0 Å². The Balaban J connectivity index is 2.65. The maximum atomic E-state index is 10.4. The number of nitrogens with zero attached hydrogens (tertiary/aromatic N) is 1. The maximum Gasteiger partial charge on any atom is 0.119 e. The van der Waals surface area contributed by atoms with E-state index in [2.05, 4.69) is 32.6 Å². The Morgan fingerprint density at radius 2 is 1.65 bits per heavy atom. The van der Waals surface area contributed by atoms with Crippen molar-refractivity contribution in [3.05, 3.63) is 29.8 Å². The van der Waals surface area contributed by atoms with Crippen molar-refractivity contribution in [2.75, 3.05) is 19.7 Å². The van der Waals surface area contributed by atoms with E-state index in [1.165, 1.54) is 0 Å². The number of aliphatic hydroxyl groups is 1. The molecule has 0 aliphatic rings. The second-order valence-electron chi connectivity index (χ2n) is 5.96. The molecule has 1 atom stereocenters. The van der Waals surface area contributed by atoms with Gasteiger partial charge in [-0.25, -0.2) is 0 Å². The van der Waals surface area contributed by atoms with E-state index in [-0.39, 0.29) is 0 Å². The van der Waals surface area contributed by atoms with Gasteiger partial charge in [-0.3, -0.25) is 4.90 Å². The Bertz CT molecular complexity index is 373. The van der Waals surface area contributed by atoms with Gasteiger partial charge in [-0.15, -0.1) is 0 Å². The minimum atomic E-state index is -0.452. The Morgan fingerprint density at radius 3 is 2.10 bits per heavy atom. The predicted octanol–water partition coefficient (Wildman–Crippen LogP) is 3.49. The van der Waals surface area contributed by atoms with Gasteiger partial charge in [-0.2, -0.15) is 0 Å². The summed E-state index contributed by atoms with van der Waals surface area (Å²) in [6.07, 6.45) is -0.452. The van der Waals surface area contributed by atoms with Crippen LogP contribution in [0.15, 0.2) is 24.3 Å². The predicted molar refractivity (Wildman–Crippen MR) is 84.1 cm³/mol. The minimum Gasteiger partial charge on any atom is -0.494 e. The molecule has 0 amide bonds. The van der Waals surface area contributed by atoms with Gasteiger partial charge < -0.3 is 9.84 Å². The molecule has 1 aromatic rings. The van der Waals surface area contributed by atoms with Crippen LogP contribution in [0.5, 0.6) is 5.75 Å². The first kappa shape index (κ1) is 17.0. The van der Waals surface area contributed by atoms with Crippen molar-refractivity contribution in [3.63, 3.8) is 0 Å². The van der Waals surface area contributed by atoms with Crippen LogP contribution in [0.2, 0.25) is 0 Å². The molecule has 0 bridgehead atoms. The first-order chi connectivity index (χ1) is 9.43. The fourth-order valence-corrected chi connectivity index (χ4v) is 2.25. The van der Waals surface area contributed by atoms with Crippen molar-refractivity contribution >= 4 is 0 Å². The number of hydrogen-bond donors (Lipinski definition) is 1. The largest absolute Gasteiger partial charge is 0.494 e. The van der Waals surface area contributed by atoms with E-state index in [0.29, 0.717) is 25.1 Å². The van der Waals surface area contributed by atoms with Crippen LogP contribution in [0.3, 0.4) is 0 Å². The van der Waals surface area contributed by atoms with Crippen molar-refractivity contribution in [1.82, 2.24) is 4.90 Å². The molecule has 0 aromatic heterocycles. The van der Waals surface area contributed by atoms with Crippen LogP contribution < -0.4 is 4.74 Å². The summed E-state index contributed by atoms with van der Waals surface area (Å²) in [4.78, 5) is 2.33. The highest BCUT2D eigenvalue weighted by atomic mass is 16.5. The molecular weight excluding hydrogens is 250 g/mol. The average Bonchev–Trinajstić information content (AvgIpc) is 2.38. The van der Waals surface area contributed by atoms with E-state index in [4.69, 9.17) is 4.74 Å². The molecule has 0 heterocycles. The van der Waals surface area contributed by atoms with E-state index in [1.54, 1.807) is 0 Å². The molecule has 0 radical (unpaired) electrons. The van der Waals surface area contributed by atoms with Crippen LogP contribution in [0.1, 0.15) is 46.3 Å². The van der Waals surface area contributed by atoms with E-state index in [1.807, 2.05) is 31.2 Å². The fourth-order valence-electron chi connectivity index (χ4n) is 2.25. The molecule has 114 valence electrons. The first-order valence-electron chi connectivity index (χ1n) is 7.58. The van der Waals surface area contributed by atoms with E-state index in [0.717, 1.165) is 17.9 Å². The standard InChI is InChI=1S/C17H29NO2/c1-6-20-16-9-7-15(8-10-16)17(19)12-18(14(4)5)11-13(2)3/h7-10,13-14,17,19H,6,11-12H2,1-5H3. The van der Waals surface area contributed by atoms with Crippen LogP contribution in [0.25, 0.3) is 0 Å². The molecule has 0 saturated carbocycles. The van der Waals surface area contributed by atoms with Crippen LogP contribution in [0.4, 0.5) is 0 Å². The first-order valence-corrected chi connectivity index (χ1v) is 7.58. The summed E-state index contributed by atoms with van der Waals surface area (Å²) in [6, 6.07) is 8.18. The molecule has 3 nitrogen and oxygen atoms in total. The van der Waals surface area contributed by atoms with Gasteiger partial charge >= 0.3 is 0 Å². The molecule has 1 N–H and O–H groups in total. The number of ether oxygens (including phenoxy) is 1. The number of benzene rings is 1. The van der Waals surface area contributed by atoms with Gasteiger partial charge in [0.05, 0.1) is 12.7 Å². The van der Waals surface area contributed by atoms with Crippen molar-refractivity contribution in [2.45, 2.75) is 46.8 Å². The Morgan fingerprint density at radius 1 is 1.05 bits per heavy atom. The smallest absolute Gasteiger partial charge is 0.119 e. The molecular formula is C17H29NO2. The summed E-state index contributed by atoms with van der Waals surface area (Å²) in [5.74, 6) is 1.45. The zero-order chi connectivity index (χ0) is 15.1. The van der Waals surface area contributed by atoms with E-state index >= 15 is 0 Å². The van der Waals surface area contributed by atoms with Gasteiger partial charge in [-0.1, -0.05) is 26.0 Å². The Kier molecular flexibility index (Phi) is 7.03. The topological polar surface area (TPSA) is 32.7 Å². The molecule has 0 saturated heterocycles. The Hall–Kier alpha value is -1.06. The lowest BCUT2D eigenvalue weighted by molar-refractivity contribution is 0.0877. The summed E-state index contributed by atoms with van der Waals surface area (Å²) in [5.41, 5.74) is 0.947. The highest BCUT2D eigenvalue weighted by Gasteiger charge is 2.17. The van der Waals surface area contributed by atoms with Crippen molar-refractivity contribution in [3.8, 4) is 5.75 Å². The summed E-state index contributed by atoms with van der Waals surface area (Å²) < 4.78 is 5.42. The van der Waals surface area contributed by atoms with E-state index in [9.17, 15) is 5.11 Å². The van der Waals surface area contributed by atoms with Gasteiger partial charge in [0.25, 0.3) is 0 Å². The Labute approximate surface area is 123 Å². The van der Waals surface area contributed by atoms with Gasteiger partial charge in [0.15, 0.2) is 0 Å². The SMILES string of the molecule is CCOc1ccc(C(O)CN(CC(C)C)C(C)C)cc1. The molecule has 0 aliphatic heterocycles. The minimum absolute atomic E-state index is 0.440. The van der Waals surface area contributed by atoms with Crippen LogP contribution >= 0.6 is 0 Å². The number of hydrogen-bond acceptors (Lipinski definition) is 3. The maximum absolute atomic E-state index is 10.4. The summed E-state index contributed by atoms with van der Waals surface area (Å²) in [7, 11) is 0. The van der Waals surface area contributed by atoms with Crippen LogP contribution in [0, 0.1) is 5.92 Å². The summed E-state index contributed by atoms with van der Waals surface area (Å²) in [6.45, 7) is 13.1. The molecule has 0 spiro atoms. The third-order valence-electron chi connectivity index (χ3n) is 3.31. The lowest BCUT2D eigenvalue weighted by Crippen LogP contribution is -2.37. The molecule has 1 aromatic carbocycles. The second-order valence-corrected chi connectivity index (χ2v) is 5.96. The third kappa shape index (κ3) is 5.51. The highest BCUT2D eigenvalue weighted by Crippen LogP contribution is 2.20.